The van der Waals surface area contributed by atoms with Crippen molar-refractivity contribution in [1.29, 1.82) is 0 Å². The van der Waals surface area contributed by atoms with Crippen LogP contribution in [0.1, 0.15) is 30.6 Å². The number of carbonyl (C=O) groups is 1. The molecule has 0 radical (unpaired) electrons. The number of hydrogen-bond acceptors (Lipinski definition) is 3. The van der Waals surface area contributed by atoms with Gasteiger partial charge < -0.3 is 16.3 Å². The van der Waals surface area contributed by atoms with Crippen molar-refractivity contribution in [1.82, 2.24) is 5.32 Å². The van der Waals surface area contributed by atoms with E-state index in [2.05, 4.69) is 10.5 Å². The fraction of sp³-hybridized carbons (Fsp3) is 0.333. The number of nitrogens with two attached hydrogens (primary N) is 1. The fourth-order valence-electron chi connectivity index (χ4n) is 1.47. The number of rotatable bonds is 4. The quantitative estimate of drug-likeness (QED) is 0.336. The van der Waals surface area contributed by atoms with Gasteiger partial charge >= 0.3 is 0 Å². The van der Waals surface area contributed by atoms with E-state index in [-0.39, 0.29) is 12.3 Å². The Balaban J connectivity index is 3.09. The molecular formula is C12H15F2N3O2. The molecule has 0 aliphatic carbocycles. The third-order valence-corrected chi connectivity index (χ3v) is 2.96. The molecule has 1 atom stereocenters. The summed E-state index contributed by atoms with van der Waals surface area (Å²) in [6.45, 7) is 3.16. The molecule has 1 rings (SSSR count). The summed E-state index contributed by atoms with van der Waals surface area (Å²) in [5.41, 5.74) is 3.57. The Morgan fingerprint density at radius 1 is 1.47 bits per heavy atom. The highest BCUT2D eigenvalue weighted by Crippen LogP contribution is 2.15. The first-order chi connectivity index (χ1) is 8.85. The number of oxime groups is 1. The van der Waals surface area contributed by atoms with E-state index < -0.39 is 28.6 Å². The number of benzene rings is 1. The lowest BCUT2D eigenvalue weighted by atomic mass is 9.96. The SMILES string of the molecule is CCC(C)(NC(=O)c1c(F)cccc1F)/C(N)=N/O. The first-order valence-electron chi connectivity index (χ1n) is 5.60. The first kappa shape index (κ1) is 14.9. The van der Waals surface area contributed by atoms with Crippen LogP contribution in [-0.2, 0) is 0 Å². The van der Waals surface area contributed by atoms with E-state index in [1.54, 1.807) is 6.92 Å². The maximum atomic E-state index is 13.5. The number of amides is 1. The maximum absolute atomic E-state index is 13.5. The van der Waals surface area contributed by atoms with E-state index in [0.29, 0.717) is 0 Å². The van der Waals surface area contributed by atoms with E-state index in [0.717, 1.165) is 18.2 Å². The Bertz CT molecular complexity index is 499. The minimum Gasteiger partial charge on any atom is -0.409 e. The number of halogens is 2. The predicted molar refractivity (Wildman–Crippen MR) is 65.9 cm³/mol. The molecule has 4 N–H and O–H groups in total. The number of nitrogens with zero attached hydrogens (tertiary/aromatic N) is 1. The molecule has 0 spiro atoms. The molecular weight excluding hydrogens is 256 g/mol. The van der Waals surface area contributed by atoms with Gasteiger partial charge in [0, 0.05) is 0 Å². The van der Waals surface area contributed by atoms with E-state index in [4.69, 9.17) is 10.9 Å². The Kier molecular flexibility index (Phi) is 4.42. The zero-order valence-corrected chi connectivity index (χ0v) is 10.6. The molecule has 0 heterocycles. The van der Waals surface area contributed by atoms with Crippen LogP contribution in [0.3, 0.4) is 0 Å². The van der Waals surface area contributed by atoms with Gasteiger partial charge in [0.15, 0.2) is 5.84 Å². The van der Waals surface area contributed by atoms with E-state index in [1.165, 1.54) is 6.92 Å². The van der Waals surface area contributed by atoms with Crippen LogP contribution in [-0.4, -0.2) is 22.5 Å². The van der Waals surface area contributed by atoms with Gasteiger partial charge in [-0.15, -0.1) is 0 Å². The van der Waals surface area contributed by atoms with Gasteiger partial charge in [0.2, 0.25) is 0 Å². The summed E-state index contributed by atoms with van der Waals surface area (Å²) >= 11 is 0. The average Bonchev–Trinajstić information content (AvgIpc) is 2.37. The molecule has 7 heteroatoms. The standard InChI is InChI=1S/C12H15F2N3O2/c1-3-12(2,11(15)17-19)16-10(18)9-7(13)5-4-6-8(9)14/h4-6,19H,3H2,1-2H3,(H2,15,17)(H,16,18). The number of nitrogens with one attached hydrogen (secondary N) is 1. The Morgan fingerprint density at radius 3 is 2.42 bits per heavy atom. The molecule has 0 bridgehead atoms. The summed E-state index contributed by atoms with van der Waals surface area (Å²) in [6.07, 6.45) is 0.282. The topological polar surface area (TPSA) is 87.7 Å². The molecule has 0 saturated carbocycles. The van der Waals surface area contributed by atoms with Crippen molar-refractivity contribution >= 4 is 11.7 Å². The van der Waals surface area contributed by atoms with Crippen molar-refractivity contribution in [2.45, 2.75) is 25.8 Å². The van der Waals surface area contributed by atoms with Crippen LogP contribution < -0.4 is 11.1 Å². The number of amidine groups is 1. The summed E-state index contributed by atoms with van der Waals surface area (Å²) < 4.78 is 26.9. The highest BCUT2D eigenvalue weighted by molar-refractivity contribution is 6.00. The summed E-state index contributed by atoms with van der Waals surface area (Å²) in [6, 6.07) is 3.11. The second-order valence-electron chi connectivity index (χ2n) is 4.22. The third-order valence-electron chi connectivity index (χ3n) is 2.96. The van der Waals surface area contributed by atoms with Crippen molar-refractivity contribution in [2.75, 3.05) is 0 Å². The van der Waals surface area contributed by atoms with Gasteiger partial charge in [-0.3, -0.25) is 4.79 Å². The van der Waals surface area contributed by atoms with Gasteiger partial charge in [0.25, 0.3) is 5.91 Å². The van der Waals surface area contributed by atoms with Gasteiger partial charge in [0.05, 0.1) is 5.54 Å². The molecule has 5 nitrogen and oxygen atoms in total. The molecule has 104 valence electrons. The van der Waals surface area contributed by atoms with Crippen LogP contribution >= 0.6 is 0 Å². The highest BCUT2D eigenvalue weighted by atomic mass is 19.1. The lowest BCUT2D eigenvalue weighted by Crippen LogP contribution is -2.55. The monoisotopic (exact) mass is 271 g/mol. The molecule has 0 saturated heterocycles. The second kappa shape index (κ2) is 5.64. The summed E-state index contributed by atoms with van der Waals surface area (Å²) in [7, 11) is 0. The van der Waals surface area contributed by atoms with Gasteiger partial charge in [-0.25, -0.2) is 8.78 Å². The lowest BCUT2D eigenvalue weighted by molar-refractivity contribution is 0.0916. The zero-order chi connectivity index (χ0) is 14.6. The van der Waals surface area contributed by atoms with Crippen LogP contribution in [0, 0.1) is 11.6 Å². The largest absolute Gasteiger partial charge is 0.409 e. The van der Waals surface area contributed by atoms with Crippen LogP contribution in [0.15, 0.2) is 23.4 Å². The Labute approximate surface area is 109 Å². The highest BCUT2D eigenvalue weighted by Gasteiger charge is 2.31. The molecule has 19 heavy (non-hydrogen) atoms. The molecule has 0 aliphatic rings. The first-order valence-corrected chi connectivity index (χ1v) is 5.60. The van der Waals surface area contributed by atoms with Crippen LogP contribution in [0.25, 0.3) is 0 Å². The van der Waals surface area contributed by atoms with Gasteiger partial charge in [-0.2, -0.15) is 0 Å². The summed E-state index contributed by atoms with van der Waals surface area (Å²) in [5, 5.41) is 13.8. The molecule has 0 aromatic heterocycles. The molecule has 1 aromatic rings. The van der Waals surface area contributed by atoms with Gasteiger partial charge in [-0.05, 0) is 25.5 Å². The van der Waals surface area contributed by atoms with E-state index >= 15 is 0 Å². The van der Waals surface area contributed by atoms with Crippen molar-refractivity contribution in [3.63, 3.8) is 0 Å². The zero-order valence-electron chi connectivity index (χ0n) is 10.6. The van der Waals surface area contributed by atoms with Crippen molar-refractivity contribution in [2.24, 2.45) is 10.9 Å². The predicted octanol–water partition coefficient (Wildman–Crippen LogP) is 1.61. The van der Waals surface area contributed by atoms with Crippen LogP contribution in [0.4, 0.5) is 8.78 Å². The number of carbonyl (C=O) groups excluding carboxylic acids is 1. The summed E-state index contributed by atoms with van der Waals surface area (Å²) in [5.74, 6) is -3.17. The van der Waals surface area contributed by atoms with Crippen molar-refractivity contribution in [3.8, 4) is 0 Å². The normalized spacial score (nSPS) is 14.8. The Morgan fingerprint density at radius 2 is 2.00 bits per heavy atom. The smallest absolute Gasteiger partial charge is 0.258 e. The van der Waals surface area contributed by atoms with Gasteiger partial charge in [0.1, 0.15) is 17.2 Å². The molecule has 0 aliphatic heterocycles. The maximum Gasteiger partial charge on any atom is 0.258 e. The third kappa shape index (κ3) is 2.98. The average molecular weight is 271 g/mol. The fourth-order valence-corrected chi connectivity index (χ4v) is 1.47. The minimum atomic E-state index is -1.19. The Hall–Kier alpha value is -2.18. The van der Waals surface area contributed by atoms with Gasteiger partial charge in [-0.1, -0.05) is 18.1 Å². The van der Waals surface area contributed by atoms with E-state index in [9.17, 15) is 13.6 Å². The molecule has 1 unspecified atom stereocenters. The second-order valence-corrected chi connectivity index (χ2v) is 4.22. The molecule has 1 amide bonds. The lowest BCUT2D eigenvalue weighted by Gasteiger charge is -2.28. The minimum absolute atomic E-state index is 0.250. The number of hydrogen-bond donors (Lipinski definition) is 3. The molecule has 0 fully saturated rings. The van der Waals surface area contributed by atoms with Crippen LogP contribution in [0.2, 0.25) is 0 Å². The van der Waals surface area contributed by atoms with E-state index in [1.807, 2.05) is 0 Å². The molecule has 1 aromatic carbocycles. The van der Waals surface area contributed by atoms with Crippen molar-refractivity contribution in [3.05, 3.63) is 35.4 Å². The van der Waals surface area contributed by atoms with Crippen LogP contribution in [0.5, 0.6) is 0 Å². The van der Waals surface area contributed by atoms with Crippen molar-refractivity contribution < 1.29 is 18.8 Å². The summed E-state index contributed by atoms with van der Waals surface area (Å²) in [4.78, 5) is 11.9.